The van der Waals surface area contributed by atoms with Crippen LogP contribution in [-0.4, -0.2) is 43.1 Å². The number of hydrogen-bond acceptors (Lipinski definition) is 6. The standard InChI is InChI=1S/C29H29F2NO6S/c1-15-11-24(37-9-4-10-39(3,35)36)32-16(2)25(15)20-7-8-23(30)22(28(20)31)14-38-18-5-6-19-17(12-18)13-21-26(19)27(21)29(33)34/h5-8,11-12,21,26-27H,4,9-10,13-14H2,1-3H3,(H,33,34)/t21-,26+,27+/m1/s1. The van der Waals surface area contributed by atoms with E-state index in [1.807, 2.05) is 12.1 Å². The molecule has 7 nitrogen and oxygen atoms in total. The van der Waals surface area contributed by atoms with Gasteiger partial charge in [0.2, 0.25) is 5.88 Å². The maximum atomic E-state index is 15.6. The first kappa shape index (κ1) is 27.1. The van der Waals surface area contributed by atoms with Crippen molar-refractivity contribution in [2.24, 2.45) is 11.8 Å². The zero-order chi connectivity index (χ0) is 28.1. The van der Waals surface area contributed by atoms with Crippen molar-refractivity contribution in [3.05, 3.63) is 76.0 Å². The molecule has 3 atom stereocenters. The number of hydrogen-bond donors (Lipinski definition) is 1. The Morgan fingerprint density at radius 1 is 1.13 bits per heavy atom. The summed E-state index contributed by atoms with van der Waals surface area (Å²) in [6.45, 7) is 3.34. The molecule has 0 amide bonds. The van der Waals surface area contributed by atoms with E-state index in [-0.39, 0.29) is 47.8 Å². The number of nitrogens with zero attached hydrogens (tertiary/aromatic N) is 1. The number of ether oxygens (including phenoxy) is 2. The third-order valence-electron chi connectivity index (χ3n) is 7.50. The lowest BCUT2D eigenvalue weighted by atomic mass is 9.97. The van der Waals surface area contributed by atoms with E-state index in [2.05, 4.69) is 4.98 Å². The van der Waals surface area contributed by atoms with E-state index in [4.69, 9.17) is 9.47 Å². The summed E-state index contributed by atoms with van der Waals surface area (Å²) in [6, 6.07) is 9.61. The van der Waals surface area contributed by atoms with Crippen molar-refractivity contribution < 1.29 is 36.6 Å². The molecule has 0 saturated heterocycles. The molecular weight excluding hydrogens is 528 g/mol. The number of carbonyl (C=O) groups is 1. The highest BCUT2D eigenvalue weighted by Gasteiger charge is 2.59. The van der Waals surface area contributed by atoms with Crippen LogP contribution in [0.4, 0.5) is 8.78 Å². The van der Waals surface area contributed by atoms with Crippen LogP contribution in [-0.2, 0) is 27.7 Å². The summed E-state index contributed by atoms with van der Waals surface area (Å²) in [5.74, 6) is -1.62. The van der Waals surface area contributed by atoms with Crippen LogP contribution in [0.15, 0.2) is 36.4 Å². The molecule has 10 heteroatoms. The third-order valence-corrected chi connectivity index (χ3v) is 8.54. The fourth-order valence-corrected chi connectivity index (χ4v) is 6.31. The van der Waals surface area contributed by atoms with Gasteiger partial charge < -0.3 is 14.6 Å². The summed E-state index contributed by atoms with van der Waals surface area (Å²) in [5.41, 5.74) is 3.70. The number of aliphatic carboxylic acids is 1. The highest BCUT2D eigenvalue weighted by Crippen LogP contribution is 2.61. The molecule has 0 aliphatic heterocycles. The van der Waals surface area contributed by atoms with E-state index in [9.17, 15) is 22.7 Å². The highest BCUT2D eigenvalue weighted by molar-refractivity contribution is 7.90. The number of rotatable bonds is 10. The summed E-state index contributed by atoms with van der Waals surface area (Å²) >= 11 is 0. The molecule has 1 aromatic heterocycles. The van der Waals surface area contributed by atoms with Crippen LogP contribution in [0.25, 0.3) is 11.1 Å². The lowest BCUT2D eigenvalue weighted by Gasteiger charge is -2.16. The van der Waals surface area contributed by atoms with Crippen molar-refractivity contribution in [3.63, 3.8) is 0 Å². The van der Waals surface area contributed by atoms with Gasteiger partial charge in [0, 0.05) is 35.1 Å². The van der Waals surface area contributed by atoms with E-state index >= 15 is 4.39 Å². The van der Waals surface area contributed by atoms with Gasteiger partial charge in [-0.15, -0.1) is 0 Å². The van der Waals surface area contributed by atoms with Crippen LogP contribution in [0.1, 0.15) is 40.3 Å². The average Bonchev–Trinajstić information content (AvgIpc) is 3.44. The van der Waals surface area contributed by atoms with Crippen molar-refractivity contribution >= 4 is 15.8 Å². The second-order valence-electron chi connectivity index (χ2n) is 10.4. The Hall–Kier alpha value is -3.53. The van der Waals surface area contributed by atoms with Gasteiger partial charge in [0.25, 0.3) is 0 Å². The number of sulfone groups is 1. The van der Waals surface area contributed by atoms with Gasteiger partial charge in [-0.2, -0.15) is 0 Å². The number of aryl methyl sites for hydroxylation is 2. The smallest absolute Gasteiger partial charge is 0.307 e. The van der Waals surface area contributed by atoms with Crippen LogP contribution in [0.3, 0.4) is 0 Å². The van der Waals surface area contributed by atoms with Gasteiger partial charge >= 0.3 is 5.97 Å². The lowest BCUT2D eigenvalue weighted by Crippen LogP contribution is -2.09. The minimum absolute atomic E-state index is 0.00632. The topological polar surface area (TPSA) is 103 Å². The molecule has 0 unspecified atom stereocenters. The minimum Gasteiger partial charge on any atom is -0.489 e. The highest BCUT2D eigenvalue weighted by atomic mass is 32.2. The number of pyridine rings is 1. The molecule has 1 fully saturated rings. The number of benzene rings is 2. The van der Waals surface area contributed by atoms with E-state index in [1.54, 1.807) is 26.0 Å². The molecule has 0 bridgehead atoms. The number of halogens is 2. The maximum Gasteiger partial charge on any atom is 0.307 e. The maximum absolute atomic E-state index is 15.6. The summed E-state index contributed by atoms with van der Waals surface area (Å²) in [7, 11) is -3.08. The zero-order valence-electron chi connectivity index (χ0n) is 21.8. The molecule has 1 heterocycles. The van der Waals surface area contributed by atoms with Gasteiger partial charge in [-0.3, -0.25) is 4.79 Å². The lowest BCUT2D eigenvalue weighted by molar-refractivity contribution is -0.139. The molecular formula is C29H29F2NO6S. The first-order valence-corrected chi connectivity index (χ1v) is 14.7. The predicted octanol–water partition coefficient (Wildman–Crippen LogP) is 5.01. The summed E-state index contributed by atoms with van der Waals surface area (Å²) < 4.78 is 64.3. The van der Waals surface area contributed by atoms with E-state index in [0.717, 1.165) is 17.4 Å². The van der Waals surface area contributed by atoms with Gasteiger partial charge in [0.1, 0.15) is 33.8 Å². The molecule has 2 aliphatic rings. The van der Waals surface area contributed by atoms with Gasteiger partial charge in [0.15, 0.2) is 0 Å². The first-order valence-electron chi connectivity index (χ1n) is 12.7. The van der Waals surface area contributed by atoms with E-state index in [0.29, 0.717) is 41.3 Å². The van der Waals surface area contributed by atoms with Gasteiger partial charge in [-0.1, -0.05) is 6.07 Å². The number of aromatic nitrogens is 1. The van der Waals surface area contributed by atoms with Gasteiger partial charge in [-0.05, 0) is 73.6 Å². The molecule has 2 aromatic carbocycles. The SMILES string of the molecule is Cc1cc(OCCCS(C)(=O)=O)nc(C)c1-c1ccc(F)c(COc2ccc3c(c2)C[C@H]2[C@H](C(=O)O)[C@@H]32)c1F. The van der Waals surface area contributed by atoms with Crippen molar-refractivity contribution in [1.29, 1.82) is 0 Å². The molecule has 0 radical (unpaired) electrons. The monoisotopic (exact) mass is 557 g/mol. The largest absolute Gasteiger partial charge is 0.489 e. The summed E-state index contributed by atoms with van der Waals surface area (Å²) in [4.78, 5) is 15.7. The quantitative estimate of drug-likeness (QED) is 0.350. The van der Waals surface area contributed by atoms with Crippen molar-refractivity contribution in [1.82, 2.24) is 4.98 Å². The van der Waals surface area contributed by atoms with Crippen molar-refractivity contribution in [3.8, 4) is 22.8 Å². The number of carboxylic acids is 1. The fraction of sp³-hybridized carbons (Fsp3) is 0.379. The first-order chi connectivity index (χ1) is 18.4. The third kappa shape index (κ3) is 5.48. The predicted molar refractivity (Wildman–Crippen MR) is 141 cm³/mol. The molecule has 39 heavy (non-hydrogen) atoms. The second kappa shape index (κ2) is 10.2. The molecule has 0 spiro atoms. The van der Waals surface area contributed by atoms with Gasteiger partial charge in [0.05, 0.1) is 23.8 Å². The van der Waals surface area contributed by atoms with E-state index in [1.165, 1.54) is 12.1 Å². The Kier molecular flexibility index (Phi) is 7.09. The van der Waals surface area contributed by atoms with E-state index < -0.39 is 27.4 Å². The van der Waals surface area contributed by atoms with Crippen LogP contribution in [0.2, 0.25) is 0 Å². The summed E-state index contributed by atoms with van der Waals surface area (Å²) in [6.07, 6.45) is 2.15. The minimum atomic E-state index is -3.08. The normalized spacial score (nSPS) is 19.4. The average molecular weight is 558 g/mol. The number of fused-ring (bicyclic) bond motifs is 3. The fourth-order valence-electron chi connectivity index (χ4n) is 5.67. The van der Waals surface area contributed by atoms with Gasteiger partial charge in [-0.25, -0.2) is 22.2 Å². The summed E-state index contributed by atoms with van der Waals surface area (Å²) in [5, 5.41) is 9.30. The Morgan fingerprint density at radius 2 is 1.90 bits per heavy atom. The van der Waals surface area contributed by atoms with Crippen LogP contribution >= 0.6 is 0 Å². The molecule has 1 N–H and O–H groups in total. The molecule has 1 saturated carbocycles. The Morgan fingerprint density at radius 3 is 2.59 bits per heavy atom. The molecule has 2 aliphatic carbocycles. The van der Waals surface area contributed by atoms with Crippen LogP contribution < -0.4 is 9.47 Å². The molecule has 5 rings (SSSR count). The second-order valence-corrected chi connectivity index (χ2v) is 12.6. The Labute approximate surface area is 225 Å². The van der Waals surface area contributed by atoms with Crippen molar-refractivity contribution in [2.75, 3.05) is 18.6 Å². The van der Waals surface area contributed by atoms with Crippen LogP contribution in [0.5, 0.6) is 11.6 Å². The van der Waals surface area contributed by atoms with Crippen molar-refractivity contribution in [2.45, 2.75) is 39.2 Å². The zero-order valence-corrected chi connectivity index (χ0v) is 22.6. The Bertz CT molecular complexity index is 1550. The number of carboxylic acid groups (broad SMARTS) is 1. The Balaban J connectivity index is 1.31. The molecule has 3 aromatic rings. The van der Waals surface area contributed by atoms with Crippen LogP contribution in [0, 0.1) is 37.3 Å². The molecule has 206 valence electrons.